The molecule has 0 radical (unpaired) electrons. The number of nitrogens with zero attached hydrogens (tertiary/aromatic N) is 3. The van der Waals surface area contributed by atoms with Crippen LogP contribution in [0.4, 0.5) is 9.52 Å². The van der Waals surface area contributed by atoms with Crippen molar-refractivity contribution < 1.29 is 13.9 Å². The van der Waals surface area contributed by atoms with Gasteiger partial charge in [0.2, 0.25) is 5.13 Å². The SMILES string of the molecule is Cc1ccc(/C=N/N(C(=O)c2cccc(Oc3ccccc3)c2)c2nc3ccc(F)cc3s2)cc1. The second kappa shape index (κ2) is 9.87. The first kappa shape index (κ1) is 22.4. The van der Waals surface area contributed by atoms with Crippen LogP contribution in [0, 0.1) is 12.7 Å². The van der Waals surface area contributed by atoms with Gasteiger partial charge in [0.05, 0.1) is 16.4 Å². The van der Waals surface area contributed by atoms with E-state index < -0.39 is 0 Å². The summed E-state index contributed by atoms with van der Waals surface area (Å²) in [5.41, 5.74) is 2.93. The highest BCUT2D eigenvalue weighted by Crippen LogP contribution is 2.31. The lowest BCUT2D eigenvalue weighted by atomic mass is 10.2. The lowest BCUT2D eigenvalue weighted by molar-refractivity contribution is 0.0987. The van der Waals surface area contributed by atoms with Gasteiger partial charge in [-0.25, -0.2) is 9.37 Å². The number of amides is 1. The van der Waals surface area contributed by atoms with Gasteiger partial charge >= 0.3 is 0 Å². The highest BCUT2D eigenvalue weighted by Gasteiger charge is 2.22. The van der Waals surface area contributed by atoms with Crippen LogP contribution in [-0.2, 0) is 0 Å². The van der Waals surface area contributed by atoms with Gasteiger partial charge in [0.25, 0.3) is 5.91 Å². The first-order chi connectivity index (χ1) is 17.0. The molecule has 5 aromatic rings. The summed E-state index contributed by atoms with van der Waals surface area (Å²) in [6.07, 6.45) is 1.61. The van der Waals surface area contributed by atoms with E-state index in [1.807, 2.05) is 61.5 Å². The van der Waals surface area contributed by atoms with Gasteiger partial charge in [-0.3, -0.25) is 4.79 Å². The maximum Gasteiger partial charge on any atom is 0.280 e. The molecule has 0 aliphatic carbocycles. The van der Waals surface area contributed by atoms with Crippen molar-refractivity contribution in [1.29, 1.82) is 0 Å². The summed E-state index contributed by atoms with van der Waals surface area (Å²) in [5, 5.41) is 6.05. The highest BCUT2D eigenvalue weighted by molar-refractivity contribution is 7.22. The van der Waals surface area contributed by atoms with Crippen molar-refractivity contribution in [1.82, 2.24) is 4.98 Å². The zero-order chi connectivity index (χ0) is 24.2. The molecule has 5 nitrogen and oxygen atoms in total. The van der Waals surface area contributed by atoms with E-state index >= 15 is 0 Å². The Morgan fingerprint density at radius 1 is 0.943 bits per heavy atom. The van der Waals surface area contributed by atoms with Gasteiger partial charge < -0.3 is 4.74 Å². The number of carbonyl (C=O) groups is 1. The predicted molar refractivity (Wildman–Crippen MR) is 138 cm³/mol. The van der Waals surface area contributed by atoms with E-state index in [0.29, 0.717) is 32.4 Å². The number of benzene rings is 4. The number of hydrazone groups is 1. The zero-order valence-corrected chi connectivity index (χ0v) is 19.6. The normalized spacial score (nSPS) is 11.1. The average Bonchev–Trinajstić information content (AvgIpc) is 3.29. The summed E-state index contributed by atoms with van der Waals surface area (Å²) in [4.78, 5) is 18.1. The fraction of sp³-hybridized carbons (Fsp3) is 0.0357. The predicted octanol–water partition coefficient (Wildman–Crippen LogP) is 7.22. The van der Waals surface area contributed by atoms with Crippen LogP contribution in [-0.4, -0.2) is 17.1 Å². The monoisotopic (exact) mass is 481 g/mol. The van der Waals surface area contributed by atoms with Crippen LogP contribution in [0.2, 0.25) is 0 Å². The molecule has 0 unspecified atom stereocenters. The molecule has 172 valence electrons. The molecule has 4 aromatic carbocycles. The van der Waals surface area contributed by atoms with Gasteiger partial charge in [-0.2, -0.15) is 10.1 Å². The molecular weight excluding hydrogens is 461 g/mol. The van der Waals surface area contributed by atoms with E-state index in [-0.39, 0.29) is 11.7 Å². The van der Waals surface area contributed by atoms with E-state index in [0.717, 1.165) is 11.1 Å². The van der Waals surface area contributed by atoms with Crippen molar-refractivity contribution in [2.24, 2.45) is 5.10 Å². The number of halogens is 1. The van der Waals surface area contributed by atoms with Gasteiger partial charge in [0, 0.05) is 5.56 Å². The number of thiazole rings is 1. The van der Waals surface area contributed by atoms with Gasteiger partial charge in [0.1, 0.15) is 17.3 Å². The molecule has 0 fully saturated rings. The number of para-hydroxylation sites is 1. The molecule has 0 aliphatic rings. The van der Waals surface area contributed by atoms with Crippen LogP contribution in [0.3, 0.4) is 0 Å². The summed E-state index contributed by atoms with van der Waals surface area (Å²) in [5.74, 6) is 0.446. The number of hydrogen-bond donors (Lipinski definition) is 0. The van der Waals surface area contributed by atoms with Crippen LogP contribution >= 0.6 is 11.3 Å². The first-order valence-corrected chi connectivity index (χ1v) is 11.7. The quantitative estimate of drug-likeness (QED) is 0.190. The van der Waals surface area contributed by atoms with Gasteiger partial charge in [0.15, 0.2) is 0 Å². The Kier molecular flexibility index (Phi) is 6.32. The van der Waals surface area contributed by atoms with Crippen LogP contribution < -0.4 is 9.75 Å². The Morgan fingerprint density at radius 3 is 2.51 bits per heavy atom. The Hall–Kier alpha value is -4.36. The van der Waals surface area contributed by atoms with E-state index in [1.54, 1.807) is 36.5 Å². The Morgan fingerprint density at radius 2 is 1.71 bits per heavy atom. The van der Waals surface area contributed by atoms with Crippen molar-refractivity contribution in [2.45, 2.75) is 6.92 Å². The summed E-state index contributed by atoms with van der Waals surface area (Å²) in [6.45, 7) is 2.00. The van der Waals surface area contributed by atoms with E-state index in [1.165, 1.54) is 28.5 Å². The standard InChI is InChI=1S/C28H20FN3O2S/c1-19-10-12-20(13-11-19)18-30-32(28-31-25-15-14-22(29)17-26(25)35-28)27(33)21-6-5-9-24(16-21)34-23-7-3-2-4-8-23/h2-18H,1H3/b30-18+. The molecule has 0 spiro atoms. The Bertz CT molecular complexity index is 1510. The van der Waals surface area contributed by atoms with Crippen LogP contribution in [0.25, 0.3) is 10.2 Å². The molecule has 0 aliphatic heterocycles. The molecule has 1 heterocycles. The maximum absolute atomic E-state index is 13.8. The minimum Gasteiger partial charge on any atom is -0.457 e. The van der Waals surface area contributed by atoms with E-state index in [9.17, 15) is 9.18 Å². The first-order valence-electron chi connectivity index (χ1n) is 10.9. The molecule has 0 bridgehead atoms. The average molecular weight is 482 g/mol. The van der Waals surface area contributed by atoms with Crippen LogP contribution in [0.5, 0.6) is 11.5 Å². The van der Waals surface area contributed by atoms with Crippen LogP contribution in [0.15, 0.2) is 102 Å². The number of aromatic nitrogens is 1. The maximum atomic E-state index is 13.8. The molecule has 7 heteroatoms. The van der Waals surface area contributed by atoms with Crippen molar-refractivity contribution >= 4 is 38.8 Å². The molecule has 0 saturated heterocycles. The lowest BCUT2D eigenvalue weighted by Gasteiger charge is -2.14. The summed E-state index contributed by atoms with van der Waals surface area (Å²) >= 11 is 1.20. The highest BCUT2D eigenvalue weighted by atomic mass is 32.1. The number of anilines is 1. The van der Waals surface area contributed by atoms with Gasteiger partial charge in [-0.1, -0.05) is 65.4 Å². The van der Waals surface area contributed by atoms with Gasteiger partial charge in [-0.05, 0) is 61.0 Å². The third-order valence-corrected chi connectivity index (χ3v) is 6.17. The topological polar surface area (TPSA) is 54.8 Å². The fourth-order valence-electron chi connectivity index (χ4n) is 3.38. The van der Waals surface area contributed by atoms with Crippen LogP contribution in [0.1, 0.15) is 21.5 Å². The molecular formula is C28H20FN3O2S. The molecule has 1 aromatic heterocycles. The van der Waals surface area contributed by atoms with E-state index in [4.69, 9.17) is 4.74 Å². The number of rotatable bonds is 6. The summed E-state index contributed by atoms with van der Waals surface area (Å²) in [6, 6.07) is 28.3. The molecule has 0 atom stereocenters. The minimum absolute atomic E-state index is 0.341. The largest absolute Gasteiger partial charge is 0.457 e. The lowest BCUT2D eigenvalue weighted by Crippen LogP contribution is -2.25. The number of hydrogen-bond acceptors (Lipinski definition) is 5. The fourth-order valence-corrected chi connectivity index (χ4v) is 4.33. The number of ether oxygens (including phenoxy) is 1. The summed E-state index contributed by atoms with van der Waals surface area (Å²) < 4.78 is 20.3. The number of fused-ring (bicyclic) bond motifs is 1. The Balaban J connectivity index is 1.50. The second-order valence-electron chi connectivity index (χ2n) is 7.82. The molecule has 1 amide bonds. The molecule has 0 saturated carbocycles. The minimum atomic E-state index is -0.383. The van der Waals surface area contributed by atoms with Crippen molar-refractivity contribution in [2.75, 3.05) is 5.01 Å². The van der Waals surface area contributed by atoms with E-state index in [2.05, 4.69) is 10.1 Å². The molecule has 35 heavy (non-hydrogen) atoms. The zero-order valence-electron chi connectivity index (χ0n) is 18.8. The molecule has 0 N–H and O–H groups in total. The third kappa shape index (κ3) is 5.26. The summed E-state index contributed by atoms with van der Waals surface area (Å²) in [7, 11) is 0. The molecule has 5 rings (SSSR count). The van der Waals surface area contributed by atoms with Crippen molar-refractivity contribution in [3.05, 3.63) is 120 Å². The second-order valence-corrected chi connectivity index (χ2v) is 8.83. The Labute approximate surface area is 205 Å². The number of carbonyl (C=O) groups excluding carboxylic acids is 1. The van der Waals surface area contributed by atoms with Crippen molar-refractivity contribution in [3.63, 3.8) is 0 Å². The smallest absolute Gasteiger partial charge is 0.280 e. The number of aryl methyl sites for hydroxylation is 1. The van der Waals surface area contributed by atoms with Gasteiger partial charge in [-0.15, -0.1) is 0 Å². The van der Waals surface area contributed by atoms with Crippen molar-refractivity contribution in [3.8, 4) is 11.5 Å². The third-order valence-electron chi connectivity index (χ3n) is 5.17.